The van der Waals surface area contributed by atoms with Crippen molar-refractivity contribution in [1.82, 2.24) is 25.3 Å². The Morgan fingerprint density at radius 3 is 2.61 bits per heavy atom. The molecule has 0 spiro atoms. The first-order chi connectivity index (χ1) is 15.9. The van der Waals surface area contributed by atoms with Crippen molar-refractivity contribution in [3.63, 3.8) is 0 Å². The topological polar surface area (TPSA) is 96.3 Å². The maximum absolute atomic E-state index is 13.4. The van der Waals surface area contributed by atoms with Crippen molar-refractivity contribution in [3.8, 4) is 0 Å². The number of carbonyl (C=O) groups excluding carboxylic acids is 3. The Balaban J connectivity index is 1.49. The van der Waals surface area contributed by atoms with E-state index in [9.17, 15) is 14.4 Å². The fraction of sp³-hybridized carbons (Fsp3) is 0.520. The van der Waals surface area contributed by atoms with E-state index >= 15 is 0 Å². The van der Waals surface area contributed by atoms with Crippen molar-refractivity contribution in [2.45, 2.75) is 70.5 Å². The van der Waals surface area contributed by atoms with Crippen LogP contribution in [0.3, 0.4) is 0 Å². The van der Waals surface area contributed by atoms with Gasteiger partial charge in [0.2, 0.25) is 5.91 Å². The third kappa shape index (κ3) is 4.79. The largest absolute Gasteiger partial charge is 0.351 e. The van der Waals surface area contributed by atoms with Crippen molar-refractivity contribution in [3.05, 3.63) is 53.3 Å². The fourth-order valence-corrected chi connectivity index (χ4v) is 4.79. The van der Waals surface area contributed by atoms with Crippen molar-refractivity contribution in [2.75, 3.05) is 13.1 Å². The Kier molecular flexibility index (Phi) is 6.81. The molecular formula is C25H33N5O3. The van der Waals surface area contributed by atoms with Crippen molar-refractivity contribution < 1.29 is 14.4 Å². The zero-order valence-electron chi connectivity index (χ0n) is 19.5. The van der Waals surface area contributed by atoms with Gasteiger partial charge in [0.05, 0.1) is 6.54 Å². The first kappa shape index (κ1) is 23.0. The lowest BCUT2D eigenvalue weighted by molar-refractivity contribution is -0.133. The smallest absolute Gasteiger partial charge is 0.273 e. The van der Waals surface area contributed by atoms with Gasteiger partial charge in [0.15, 0.2) is 5.69 Å². The molecule has 1 aromatic heterocycles. The van der Waals surface area contributed by atoms with Gasteiger partial charge < -0.3 is 15.5 Å². The summed E-state index contributed by atoms with van der Waals surface area (Å²) in [6.07, 6.45) is 5.63. The highest BCUT2D eigenvalue weighted by atomic mass is 16.2. The number of amides is 3. The van der Waals surface area contributed by atoms with Crippen LogP contribution in [0.2, 0.25) is 0 Å². The minimum Gasteiger partial charge on any atom is -0.351 e. The zero-order chi connectivity index (χ0) is 23.4. The molecule has 2 N–H and O–H groups in total. The van der Waals surface area contributed by atoms with Gasteiger partial charge in [0, 0.05) is 25.2 Å². The van der Waals surface area contributed by atoms with Crippen LogP contribution in [0.25, 0.3) is 0 Å². The normalized spacial score (nSPS) is 20.5. The average Bonchev–Trinajstić information content (AvgIpc) is 3.47. The van der Waals surface area contributed by atoms with E-state index in [4.69, 9.17) is 0 Å². The van der Waals surface area contributed by atoms with Gasteiger partial charge in [-0.3, -0.25) is 19.1 Å². The van der Waals surface area contributed by atoms with E-state index in [0.717, 1.165) is 37.7 Å². The number of rotatable bonds is 8. The summed E-state index contributed by atoms with van der Waals surface area (Å²) in [6.45, 7) is 4.96. The highest BCUT2D eigenvalue weighted by Gasteiger charge is 2.48. The summed E-state index contributed by atoms with van der Waals surface area (Å²) in [6, 6.07) is 11.6. The summed E-state index contributed by atoms with van der Waals surface area (Å²) in [5.74, 6) is -0.728. The Labute approximate surface area is 194 Å². The molecule has 8 heteroatoms. The van der Waals surface area contributed by atoms with Crippen LogP contribution < -0.4 is 10.6 Å². The highest BCUT2D eigenvalue weighted by molar-refractivity contribution is 6.01. The lowest BCUT2D eigenvalue weighted by Crippen LogP contribution is -2.65. The minimum atomic E-state index is -1.05. The molecule has 2 aromatic rings. The lowest BCUT2D eigenvalue weighted by Gasteiger charge is -2.43. The molecule has 1 aliphatic carbocycles. The summed E-state index contributed by atoms with van der Waals surface area (Å²) in [4.78, 5) is 41.0. The van der Waals surface area contributed by atoms with Crippen LogP contribution in [-0.4, -0.2) is 57.1 Å². The van der Waals surface area contributed by atoms with Gasteiger partial charge in [-0.1, -0.05) is 50.1 Å². The van der Waals surface area contributed by atoms with Crippen LogP contribution in [0.4, 0.5) is 0 Å². The second-order valence-electron chi connectivity index (χ2n) is 9.25. The first-order valence-corrected chi connectivity index (χ1v) is 12.0. The quantitative estimate of drug-likeness (QED) is 0.645. The third-order valence-electron chi connectivity index (χ3n) is 6.70. The van der Waals surface area contributed by atoms with Gasteiger partial charge in [0.25, 0.3) is 11.8 Å². The molecule has 1 unspecified atom stereocenters. The van der Waals surface area contributed by atoms with E-state index in [1.165, 1.54) is 10.7 Å². The minimum absolute atomic E-state index is 0.147. The molecule has 8 nitrogen and oxygen atoms in total. The van der Waals surface area contributed by atoms with Crippen LogP contribution in [-0.2, 0) is 17.8 Å². The number of nitrogens with one attached hydrogen (secondary N) is 2. The van der Waals surface area contributed by atoms with Gasteiger partial charge in [-0.15, -0.1) is 0 Å². The van der Waals surface area contributed by atoms with E-state index in [-0.39, 0.29) is 36.0 Å². The molecular weight excluding hydrogens is 418 g/mol. The molecule has 0 bridgehead atoms. The van der Waals surface area contributed by atoms with Gasteiger partial charge >= 0.3 is 0 Å². The van der Waals surface area contributed by atoms with Crippen molar-refractivity contribution >= 4 is 17.7 Å². The standard InChI is InChI=1S/C25H33N5O3/c1-3-15-29-23(32)21-16-20(22(31)26-14-13-18-9-5-4-6-10-18)28-30(21)17-25(29,2)24(33)27-19-11-7-8-12-19/h4-6,9-10,16,19H,3,7-8,11-15,17H2,1-2H3,(H,26,31)(H,27,33). The van der Waals surface area contributed by atoms with Gasteiger partial charge in [0.1, 0.15) is 11.2 Å². The predicted octanol–water partition coefficient (Wildman–Crippen LogP) is 2.54. The Morgan fingerprint density at radius 2 is 1.91 bits per heavy atom. The van der Waals surface area contributed by atoms with E-state index in [1.807, 2.05) is 37.3 Å². The van der Waals surface area contributed by atoms with Gasteiger partial charge in [-0.2, -0.15) is 5.10 Å². The lowest BCUT2D eigenvalue weighted by atomic mass is 9.94. The van der Waals surface area contributed by atoms with Crippen molar-refractivity contribution in [2.24, 2.45) is 0 Å². The van der Waals surface area contributed by atoms with E-state index in [1.54, 1.807) is 11.8 Å². The van der Waals surface area contributed by atoms with E-state index in [2.05, 4.69) is 15.7 Å². The highest BCUT2D eigenvalue weighted by Crippen LogP contribution is 2.29. The van der Waals surface area contributed by atoms with E-state index in [0.29, 0.717) is 25.2 Å². The van der Waals surface area contributed by atoms with Crippen LogP contribution in [0.5, 0.6) is 0 Å². The first-order valence-electron chi connectivity index (χ1n) is 12.0. The number of carbonyl (C=O) groups is 3. The summed E-state index contributed by atoms with van der Waals surface area (Å²) in [5, 5.41) is 10.4. The maximum Gasteiger partial charge on any atom is 0.273 e. The molecule has 2 heterocycles. The molecule has 0 saturated heterocycles. The fourth-order valence-electron chi connectivity index (χ4n) is 4.79. The molecule has 0 radical (unpaired) electrons. The monoisotopic (exact) mass is 451 g/mol. The molecule has 2 aliphatic rings. The summed E-state index contributed by atoms with van der Waals surface area (Å²) < 4.78 is 1.52. The molecule has 1 aliphatic heterocycles. The summed E-state index contributed by atoms with van der Waals surface area (Å²) >= 11 is 0. The Morgan fingerprint density at radius 1 is 1.18 bits per heavy atom. The molecule has 176 valence electrons. The number of hydrogen-bond donors (Lipinski definition) is 2. The number of fused-ring (bicyclic) bond motifs is 1. The second kappa shape index (κ2) is 9.77. The number of benzene rings is 1. The van der Waals surface area contributed by atoms with Crippen LogP contribution in [0, 0.1) is 0 Å². The predicted molar refractivity (Wildman–Crippen MR) is 125 cm³/mol. The molecule has 1 fully saturated rings. The molecule has 1 aromatic carbocycles. The summed E-state index contributed by atoms with van der Waals surface area (Å²) in [7, 11) is 0. The van der Waals surface area contributed by atoms with Crippen molar-refractivity contribution in [1.29, 1.82) is 0 Å². The molecule has 1 saturated carbocycles. The average molecular weight is 452 g/mol. The van der Waals surface area contributed by atoms with E-state index < -0.39 is 5.54 Å². The number of nitrogens with zero attached hydrogens (tertiary/aromatic N) is 3. The molecule has 4 rings (SSSR count). The second-order valence-corrected chi connectivity index (χ2v) is 9.25. The summed E-state index contributed by atoms with van der Waals surface area (Å²) in [5.41, 5.74) is 0.637. The zero-order valence-corrected chi connectivity index (χ0v) is 19.5. The third-order valence-corrected chi connectivity index (χ3v) is 6.70. The Hall–Kier alpha value is -3.16. The van der Waals surface area contributed by atoms with Crippen LogP contribution in [0.1, 0.15) is 72.5 Å². The van der Waals surface area contributed by atoms with Gasteiger partial charge in [-0.25, -0.2) is 0 Å². The molecule has 1 atom stereocenters. The number of aromatic nitrogens is 2. The molecule has 3 amide bonds. The maximum atomic E-state index is 13.4. The SMILES string of the molecule is CCCN1C(=O)c2cc(C(=O)NCCc3ccccc3)nn2CC1(C)C(=O)NC1CCCC1. The van der Waals surface area contributed by atoms with Crippen LogP contribution in [0.15, 0.2) is 36.4 Å². The molecule has 33 heavy (non-hydrogen) atoms. The van der Waals surface area contributed by atoms with Gasteiger partial charge in [-0.05, 0) is 38.2 Å². The van der Waals surface area contributed by atoms with Crippen LogP contribution >= 0.6 is 0 Å². The number of hydrogen-bond acceptors (Lipinski definition) is 4. The Bertz CT molecular complexity index is 1010.